The van der Waals surface area contributed by atoms with Crippen molar-refractivity contribution < 1.29 is 0 Å². The molecule has 3 nitrogen and oxygen atoms in total. The number of anilines is 1. The van der Waals surface area contributed by atoms with E-state index >= 15 is 0 Å². The van der Waals surface area contributed by atoms with Crippen LogP contribution in [0.1, 0.15) is 0 Å². The molecule has 0 aliphatic rings. The van der Waals surface area contributed by atoms with Gasteiger partial charge in [0.2, 0.25) is 0 Å². The number of fused-ring (bicyclic) bond motifs is 1. The minimum absolute atomic E-state index is 0.578. The average Bonchev–Trinajstić information content (AvgIpc) is 2.12. The number of hydrogen-bond acceptors (Lipinski definition) is 3. The summed E-state index contributed by atoms with van der Waals surface area (Å²) in [4.78, 5) is 8.04. The molecule has 0 aromatic carbocycles. The Balaban J connectivity index is 2.91. The molecule has 12 heavy (non-hydrogen) atoms. The van der Waals surface area contributed by atoms with Gasteiger partial charge in [0.05, 0.1) is 3.57 Å². The van der Waals surface area contributed by atoms with Gasteiger partial charge >= 0.3 is 0 Å². The van der Waals surface area contributed by atoms with Crippen molar-refractivity contribution in [3.8, 4) is 0 Å². The van der Waals surface area contributed by atoms with E-state index in [0.29, 0.717) is 5.82 Å². The van der Waals surface area contributed by atoms with Crippen LogP contribution in [-0.4, -0.2) is 9.97 Å². The molecular weight excluding hydrogens is 265 g/mol. The van der Waals surface area contributed by atoms with Crippen LogP contribution in [0.3, 0.4) is 0 Å². The maximum Gasteiger partial charge on any atom is 0.137 e. The Morgan fingerprint density at radius 3 is 3.00 bits per heavy atom. The molecule has 0 spiro atoms. The molecule has 0 unspecified atom stereocenters. The molecule has 0 amide bonds. The normalized spacial score (nSPS) is 10.4. The van der Waals surface area contributed by atoms with E-state index in [9.17, 15) is 0 Å². The predicted molar refractivity (Wildman–Crippen MR) is 56.7 cm³/mol. The van der Waals surface area contributed by atoms with E-state index in [1.165, 1.54) is 0 Å². The molecule has 2 aromatic heterocycles. The van der Waals surface area contributed by atoms with Crippen molar-refractivity contribution >= 4 is 39.2 Å². The van der Waals surface area contributed by atoms with E-state index in [1.54, 1.807) is 18.6 Å². The van der Waals surface area contributed by atoms with Crippen LogP contribution in [0.15, 0.2) is 24.7 Å². The second kappa shape index (κ2) is 2.85. The SMILES string of the molecule is Nc1ncc2cnccc2c1I. The number of nitrogens with zero attached hydrogens (tertiary/aromatic N) is 2. The lowest BCUT2D eigenvalue weighted by Crippen LogP contribution is -1.94. The zero-order valence-electron chi connectivity index (χ0n) is 6.16. The van der Waals surface area contributed by atoms with Gasteiger partial charge in [-0.25, -0.2) is 4.98 Å². The molecule has 0 fully saturated rings. The molecule has 0 radical (unpaired) electrons. The summed E-state index contributed by atoms with van der Waals surface area (Å²) in [6.07, 6.45) is 5.27. The molecule has 0 aliphatic carbocycles. The Labute approximate surface area is 83.2 Å². The van der Waals surface area contributed by atoms with E-state index in [0.717, 1.165) is 14.3 Å². The minimum atomic E-state index is 0.578. The molecule has 2 heterocycles. The average molecular weight is 271 g/mol. The Hall–Kier alpha value is -0.910. The van der Waals surface area contributed by atoms with E-state index in [4.69, 9.17) is 5.73 Å². The summed E-state index contributed by atoms with van der Waals surface area (Å²) in [5.74, 6) is 0.578. The molecule has 0 aliphatic heterocycles. The lowest BCUT2D eigenvalue weighted by molar-refractivity contribution is 1.31. The van der Waals surface area contributed by atoms with Crippen LogP contribution >= 0.6 is 22.6 Å². The summed E-state index contributed by atoms with van der Waals surface area (Å²) < 4.78 is 0.993. The topological polar surface area (TPSA) is 51.8 Å². The molecule has 2 rings (SSSR count). The zero-order chi connectivity index (χ0) is 8.55. The number of nitrogens with two attached hydrogens (primary N) is 1. The van der Waals surface area contributed by atoms with E-state index < -0.39 is 0 Å². The number of rotatable bonds is 0. The van der Waals surface area contributed by atoms with Crippen molar-refractivity contribution in [1.82, 2.24) is 9.97 Å². The first-order valence-corrected chi connectivity index (χ1v) is 4.50. The lowest BCUT2D eigenvalue weighted by atomic mass is 10.2. The number of pyridine rings is 2. The van der Waals surface area contributed by atoms with Gasteiger partial charge in [-0.15, -0.1) is 0 Å². The van der Waals surface area contributed by atoms with Crippen molar-refractivity contribution in [1.29, 1.82) is 0 Å². The summed E-state index contributed by atoms with van der Waals surface area (Å²) >= 11 is 2.19. The highest BCUT2D eigenvalue weighted by Gasteiger charge is 2.01. The number of hydrogen-bond donors (Lipinski definition) is 1. The molecule has 2 N–H and O–H groups in total. The predicted octanol–water partition coefficient (Wildman–Crippen LogP) is 1.82. The Morgan fingerprint density at radius 2 is 2.17 bits per heavy atom. The van der Waals surface area contributed by atoms with Crippen LogP contribution in [0.25, 0.3) is 10.8 Å². The molecular formula is C8H6IN3. The fourth-order valence-electron chi connectivity index (χ4n) is 1.04. The van der Waals surface area contributed by atoms with Crippen molar-refractivity contribution in [2.24, 2.45) is 0 Å². The third kappa shape index (κ3) is 1.12. The molecule has 60 valence electrons. The standard InChI is InChI=1S/C8H6IN3/c9-7-6-1-2-11-3-5(6)4-12-8(7)10/h1-4H,(H2,10,12). The Bertz CT molecular complexity index is 428. The van der Waals surface area contributed by atoms with E-state index in [-0.39, 0.29) is 0 Å². The first kappa shape index (κ1) is 7.72. The summed E-state index contributed by atoms with van der Waals surface area (Å²) in [6.45, 7) is 0. The Kier molecular flexibility index (Phi) is 1.84. The van der Waals surface area contributed by atoms with Crippen LogP contribution in [0.2, 0.25) is 0 Å². The smallest absolute Gasteiger partial charge is 0.137 e. The van der Waals surface area contributed by atoms with Gasteiger partial charge in [0.1, 0.15) is 5.82 Å². The highest BCUT2D eigenvalue weighted by Crippen LogP contribution is 2.22. The van der Waals surface area contributed by atoms with Gasteiger partial charge < -0.3 is 5.73 Å². The monoisotopic (exact) mass is 271 g/mol. The van der Waals surface area contributed by atoms with Crippen molar-refractivity contribution in [2.75, 3.05) is 5.73 Å². The van der Waals surface area contributed by atoms with Crippen molar-refractivity contribution in [2.45, 2.75) is 0 Å². The Morgan fingerprint density at radius 1 is 1.33 bits per heavy atom. The number of halogens is 1. The van der Waals surface area contributed by atoms with Crippen LogP contribution in [0.4, 0.5) is 5.82 Å². The molecule has 0 bridgehead atoms. The summed E-state index contributed by atoms with van der Waals surface area (Å²) in [6, 6.07) is 1.94. The highest BCUT2D eigenvalue weighted by molar-refractivity contribution is 14.1. The summed E-state index contributed by atoms with van der Waals surface area (Å²) in [5.41, 5.74) is 5.65. The first-order valence-electron chi connectivity index (χ1n) is 3.43. The van der Waals surface area contributed by atoms with Crippen molar-refractivity contribution in [3.63, 3.8) is 0 Å². The molecule has 0 atom stereocenters. The third-order valence-electron chi connectivity index (χ3n) is 1.66. The molecule has 4 heteroatoms. The van der Waals surface area contributed by atoms with Gasteiger partial charge in [-0.2, -0.15) is 0 Å². The van der Waals surface area contributed by atoms with Gasteiger partial charge in [0, 0.05) is 29.4 Å². The van der Waals surface area contributed by atoms with Gasteiger partial charge in [-0.1, -0.05) is 0 Å². The largest absolute Gasteiger partial charge is 0.383 e. The van der Waals surface area contributed by atoms with Crippen LogP contribution in [0, 0.1) is 3.57 Å². The third-order valence-corrected chi connectivity index (χ3v) is 2.79. The fraction of sp³-hybridized carbons (Fsp3) is 0. The van der Waals surface area contributed by atoms with Crippen LogP contribution in [-0.2, 0) is 0 Å². The molecule has 0 saturated carbocycles. The molecule has 0 saturated heterocycles. The number of nitrogen functional groups attached to an aromatic ring is 1. The zero-order valence-corrected chi connectivity index (χ0v) is 8.32. The second-order valence-corrected chi connectivity index (χ2v) is 3.50. The maximum absolute atomic E-state index is 5.65. The second-order valence-electron chi connectivity index (χ2n) is 2.42. The minimum Gasteiger partial charge on any atom is -0.383 e. The summed E-state index contributed by atoms with van der Waals surface area (Å²) in [7, 11) is 0. The van der Waals surface area contributed by atoms with Gasteiger partial charge in [-0.05, 0) is 28.7 Å². The van der Waals surface area contributed by atoms with Crippen molar-refractivity contribution in [3.05, 3.63) is 28.2 Å². The fourth-order valence-corrected chi connectivity index (χ4v) is 1.67. The highest BCUT2D eigenvalue weighted by atomic mass is 127. The van der Waals surface area contributed by atoms with Crippen LogP contribution in [0.5, 0.6) is 0 Å². The lowest BCUT2D eigenvalue weighted by Gasteiger charge is -2.00. The van der Waals surface area contributed by atoms with Crippen LogP contribution < -0.4 is 5.73 Å². The number of aromatic nitrogens is 2. The maximum atomic E-state index is 5.65. The van der Waals surface area contributed by atoms with E-state index in [1.807, 2.05) is 6.07 Å². The van der Waals surface area contributed by atoms with Gasteiger partial charge in [0.25, 0.3) is 0 Å². The van der Waals surface area contributed by atoms with Gasteiger partial charge in [0.15, 0.2) is 0 Å². The first-order chi connectivity index (χ1) is 5.79. The van der Waals surface area contributed by atoms with Gasteiger partial charge in [-0.3, -0.25) is 4.98 Å². The summed E-state index contributed by atoms with van der Waals surface area (Å²) in [5, 5.41) is 2.13. The quantitative estimate of drug-likeness (QED) is 0.743. The van der Waals surface area contributed by atoms with E-state index in [2.05, 4.69) is 32.6 Å². The molecule has 2 aromatic rings.